The highest BCUT2D eigenvalue weighted by Gasteiger charge is 2.16. The Labute approximate surface area is 113 Å². The summed E-state index contributed by atoms with van der Waals surface area (Å²) in [5.41, 5.74) is -0.167. The van der Waals surface area contributed by atoms with E-state index in [1.807, 2.05) is 6.92 Å². The zero-order valence-electron chi connectivity index (χ0n) is 10.00. The van der Waals surface area contributed by atoms with Gasteiger partial charge >= 0.3 is 5.69 Å². The molecule has 1 aromatic heterocycles. The molecule has 0 unspecified atom stereocenters. The highest BCUT2D eigenvalue weighted by atomic mass is 35.5. The van der Waals surface area contributed by atoms with Crippen molar-refractivity contribution < 1.29 is 14.2 Å². The van der Waals surface area contributed by atoms with Crippen LogP contribution in [0.5, 0.6) is 5.75 Å². The molecule has 0 N–H and O–H groups in total. The summed E-state index contributed by atoms with van der Waals surface area (Å²) in [6.45, 7) is 1.84. The number of aromatic nitrogens is 2. The van der Waals surface area contributed by atoms with Crippen LogP contribution in [0.15, 0.2) is 22.7 Å². The molecule has 0 radical (unpaired) electrons. The molecule has 8 heteroatoms. The van der Waals surface area contributed by atoms with Crippen LogP contribution in [0.4, 0.5) is 5.69 Å². The molecule has 0 saturated heterocycles. The Morgan fingerprint density at radius 3 is 2.95 bits per heavy atom. The number of nitro groups is 1. The monoisotopic (exact) mass is 283 g/mol. The largest absolute Gasteiger partial charge is 0.477 e. The van der Waals surface area contributed by atoms with Crippen LogP contribution in [-0.2, 0) is 13.0 Å². The van der Waals surface area contributed by atoms with E-state index in [2.05, 4.69) is 10.1 Å². The molecule has 100 valence electrons. The van der Waals surface area contributed by atoms with E-state index in [0.29, 0.717) is 17.3 Å². The first kappa shape index (κ1) is 13.3. The summed E-state index contributed by atoms with van der Waals surface area (Å²) in [6.07, 6.45) is 0.640. The predicted molar refractivity (Wildman–Crippen MR) is 66.1 cm³/mol. The molecule has 0 bridgehead atoms. The van der Waals surface area contributed by atoms with Gasteiger partial charge in [0, 0.05) is 23.6 Å². The van der Waals surface area contributed by atoms with E-state index in [4.69, 9.17) is 20.9 Å². The zero-order chi connectivity index (χ0) is 13.8. The highest BCUT2D eigenvalue weighted by molar-refractivity contribution is 6.30. The standard InChI is InChI=1S/C11H10ClN3O4/c1-2-10-13-11(19-14-10)6-18-9-5-7(12)3-4-8(9)15(16)17/h3-5H,2,6H2,1H3. The van der Waals surface area contributed by atoms with Crippen molar-refractivity contribution in [1.29, 1.82) is 0 Å². The summed E-state index contributed by atoms with van der Waals surface area (Å²) in [5, 5.41) is 14.9. The summed E-state index contributed by atoms with van der Waals surface area (Å²) in [5.74, 6) is 0.874. The first-order valence-corrected chi connectivity index (χ1v) is 5.86. The molecule has 1 heterocycles. The molecule has 0 aliphatic carbocycles. The lowest BCUT2D eigenvalue weighted by Gasteiger charge is -2.04. The van der Waals surface area contributed by atoms with Gasteiger partial charge in [-0.2, -0.15) is 4.98 Å². The number of ether oxygens (including phenoxy) is 1. The zero-order valence-corrected chi connectivity index (χ0v) is 10.8. The van der Waals surface area contributed by atoms with Gasteiger partial charge in [0.1, 0.15) is 0 Å². The van der Waals surface area contributed by atoms with Crippen LogP contribution in [-0.4, -0.2) is 15.1 Å². The lowest BCUT2D eigenvalue weighted by Crippen LogP contribution is -1.99. The minimum Gasteiger partial charge on any atom is -0.477 e. The number of hydrogen-bond donors (Lipinski definition) is 0. The number of nitrogens with zero attached hydrogens (tertiary/aromatic N) is 3. The molecule has 0 saturated carbocycles. The molecule has 19 heavy (non-hydrogen) atoms. The van der Waals surface area contributed by atoms with Crippen molar-refractivity contribution in [2.45, 2.75) is 20.0 Å². The van der Waals surface area contributed by atoms with Crippen molar-refractivity contribution in [3.63, 3.8) is 0 Å². The van der Waals surface area contributed by atoms with Gasteiger partial charge < -0.3 is 9.26 Å². The quantitative estimate of drug-likeness (QED) is 0.619. The maximum absolute atomic E-state index is 10.8. The maximum Gasteiger partial charge on any atom is 0.311 e. The summed E-state index contributed by atoms with van der Waals surface area (Å²) < 4.78 is 10.2. The maximum atomic E-state index is 10.8. The van der Waals surface area contributed by atoms with Crippen molar-refractivity contribution in [3.05, 3.63) is 45.1 Å². The molecule has 0 fully saturated rings. The first-order valence-electron chi connectivity index (χ1n) is 5.48. The van der Waals surface area contributed by atoms with Gasteiger partial charge in [0.15, 0.2) is 18.2 Å². The van der Waals surface area contributed by atoms with Crippen molar-refractivity contribution >= 4 is 17.3 Å². The predicted octanol–water partition coefficient (Wildman–Crippen LogP) is 2.77. The highest BCUT2D eigenvalue weighted by Crippen LogP contribution is 2.30. The van der Waals surface area contributed by atoms with Crippen LogP contribution < -0.4 is 4.74 Å². The van der Waals surface area contributed by atoms with E-state index in [1.165, 1.54) is 18.2 Å². The Hall–Kier alpha value is -2.15. The van der Waals surface area contributed by atoms with E-state index in [-0.39, 0.29) is 23.9 Å². The second-order valence-corrected chi connectivity index (χ2v) is 4.05. The van der Waals surface area contributed by atoms with Crippen molar-refractivity contribution in [1.82, 2.24) is 10.1 Å². The molecule has 1 aromatic carbocycles. The molecule has 2 rings (SSSR count). The molecule has 0 amide bonds. The molecule has 0 aliphatic rings. The van der Waals surface area contributed by atoms with Crippen LogP contribution in [0.2, 0.25) is 5.02 Å². The Bertz CT molecular complexity index is 599. The number of rotatable bonds is 5. The fourth-order valence-electron chi connectivity index (χ4n) is 1.39. The molecule has 7 nitrogen and oxygen atoms in total. The Balaban J connectivity index is 2.14. The van der Waals surface area contributed by atoms with Gasteiger partial charge in [-0.1, -0.05) is 23.7 Å². The average molecular weight is 284 g/mol. The number of aryl methyl sites for hydroxylation is 1. The third kappa shape index (κ3) is 3.19. The third-order valence-electron chi connectivity index (χ3n) is 2.30. The lowest BCUT2D eigenvalue weighted by molar-refractivity contribution is -0.386. The van der Waals surface area contributed by atoms with E-state index in [9.17, 15) is 10.1 Å². The first-order chi connectivity index (χ1) is 9.10. The molecular weight excluding hydrogens is 274 g/mol. The number of hydrogen-bond acceptors (Lipinski definition) is 6. The summed E-state index contributed by atoms with van der Waals surface area (Å²) in [6, 6.07) is 4.08. The van der Waals surface area contributed by atoms with E-state index in [1.54, 1.807) is 0 Å². The van der Waals surface area contributed by atoms with Crippen LogP contribution in [0.1, 0.15) is 18.6 Å². The second kappa shape index (κ2) is 5.66. The Kier molecular flexibility index (Phi) is 3.96. The normalized spacial score (nSPS) is 10.4. The van der Waals surface area contributed by atoms with E-state index < -0.39 is 4.92 Å². The lowest BCUT2D eigenvalue weighted by atomic mass is 10.3. The topological polar surface area (TPSA) is 91.3 Å². The van der Waals surface area contributed by atoms with Crippen molar-refractivity contribution in [2.24, 2.45) is 0 Å². The number of benzene rings is 1. The number of halogens is 1. The fourth-order valence-corrected chi connectivity index (χ4v) is 1.55. The average Bonchev–Trinajstić information content (AvgIpc) is 2.84. The van der Waals surface area contributed by atoms with Crippen LogP contribution in [0.3, 0.4) is 0 Å². The van der Waals surface area contributed by atoms with Crippen molar-refractivity contribution in [2.75, 3.05) is 0 Å². The third-order valence-corrected chi connectivity index (χ3v) is 2.53. The molecule has 2 aromatic rings. The van der Waals surface area contributed by atoms with Crippen LogP contribution in [0.25, 0.3) is 0 Å². The number of nitro benzene ring substituents is 1. The molecule has 0 spiro atoms. The molecule has 0 aliphatic heterocycles. The van der Waals surface area contributed by atoms with Gasteiger partial charge in [-0.25, -0.2) is 0 Å². The van der Waals surface area contributed by atoms with Gasteiger partial charge in [0.25, 0.3) is 5.89 Å². The minimum atomic E-state index is -0.545. The van der Waals surface area contributed by atoms with Gasteiger partial charge in [-0.15, -0.1) is 0 Å². The Morgan fingerprint density at radius 2 is 2.32 bits per heavy atom. The summed E-state index contributed by atoms with van der Waals surface area (Å²) in [7, 11) is 0. The molecule has 0 atom stereocenters. The van der Waals surface area contributed by atoms with Crippen LogP contribution >= 0.6 is 11.6 Å². The smallest absolute Gasteiger partial charge is 0.311 e. The van der Waals surface area contributed by atoms with Gasteiger partial charge in [0.05, 0.1) is 4.92 Å². The second-order valence-electron chi connectivity index (χ2n) is 3.62. The van der Waals surface area contributed by atoms with Gasteiger partial charge in [0.2, 0.25) is 0 Å². The van der Waals surface area contributed by atoms with E-state index >= 15 is 0 Å². The Morgan fingerprint density at radius 1 is 1.53 bits per heavy atom. The van der Waals surface area contributed by atoms with Crippen molar-refractivity contribution in [3.8, 4) is 5.75 Å². The fraction of sp³-hybridized carbons (Fsp3) is 0.273. The molecular formula is C11H10ClN3O4. The van der Waals surface area contributed by atoms with E-state index in [0.717, 1.165) is 0 Å². The van der Waals surface area contributed by atoms with Gasteiger partial charge in [-0.05, 0) is 6.07 Å². The van der Waals surface area contributed by atoms with Crippen LogP contribution in [0, 0.1) is 10.1 Å². The minimum absolute atomic E-state index is 0.0474. The van der Waals surface area contributed by atoms with Gasteiger partial charge in [-0.3, -0.25) is 10.1 Å². The SMILES string of the molecule is CCc1noc(COc2cc(Cl)ccc2[N+](=O)[O-])n1. The summed E-state index contributed by atoms with van der Waals surface area (Å²) >= 11 is 5.78. The summed E-state index contributed by atoms with van der Waals surface area (Å²) in [4.78, 5) is 14.3.